The molecule has 0 saturated heterocycles. The molecule has 2 atom stereocenters. The average Bonchev–Trinajstić information content (AvgIpc) is 3.33. The fourth-order valence-corrected chi connectivity index (χ4v) is 4.69. The minimum atomic E-state index is -0.274. The molecule has 0 unspecified atom stereocenters. The summed E-state index contributed by atoms with van der Waals surface area (Å²) in [7, 11) is 3.06. The number of carbonyl (C=O) groups is 1. The summed E-state index contributed by atoms with van der Waals surface area (Å²) >= 11 is 1.41. The van der Waals surface area contributed by atoms with Crippen LogP contribution in [-0.4, -0.2) is 37.2 Å². The van der Waals surface area contributed by atoms with Crippen molar-refractivity contribution in [2.75, 3.05) is 19.5 Å². The second-order valence-corrected chi connectivity index (χ2v) is 7.96. The van der Waals surface area contributed by atoms with E-state index in [0.29, 0.717) is 17.1 Å². The predicted octanol–water partition coefficient (Wildman–Crippen LogP) is 4.22. The number of rotatable bonds is 6. The van der Waals surface area contributed by atoms with Crippen LogP contribution in [0.15, 0.2) is 36.4 Å². The highest BCUT2D eigenvalue weighted by Gasteiger charge is 2.31. The average molecular weight is 415 g/mol. The molecule has 1 aliphatic carbocycles. The fraction of sp³-hybridized carbons (Fsp3) is 0.333. The number of nitrogens with zero attached hydrogens (tertiary/aromatic N) is 1. The van der Waals surface area contributed by atoms with Crippen molar-refractivity contribution in [2.24, 2.45) is 0 Å². The van der Waals surface area contributed by atoms with Crippen molar-refractivity contribution >= 4 is 32.6 Å². The summed E-state index contributed by atoms with van der Waals surface area (Å²) in [6.45, 7) is 0. The Balaban J connectivity index is 1.51. The van der Waals surface area contributed by atoms with Crippen LogP contribution in [0.2, 0.25) is 0 Å². The highest BCUT2D eigenvalue weighted by molar-refractivity contribution is 7.22. The van der Waals surface area contributed by atoms with Gasteiger partial charge in [0, 0.05) is 12.1 Å². The van der Waals surface area contributed by atoms with Gasteiger partial charge in [0.1, 0.15) is 22.9 Å². The van der Waals surface area contributed by atoms with Crippen molar-refractivity contribution in [1.29, 1.82) is 0 Å². The van der Waals surface area contributed by atoms with Crippen molar-refractivity contribution in [1.82, 2.24) is 10.3 Å². The summed E-state index contributed by atoms with van der Waals surface area (Å²) in [6, 6.07) is 9.82. The van der Waals surface area contributed by atoms with E-state index < -0.39 is 0 Å². The van der Waals surface area contributed by atoms with Gasteiger partial charge in [0.05, 0.1) is 24.4 Å². The molecule has 1 amide bonds. The van der Waals surface area contributed by atoms with E-state index in [1.807, 2.05) is 0 Å². The van der Waals surface area contributed by atoms with Gasteiger partial charge in [-0.3, -0.25) is 4.79 Å². The summed E-state index contributed by atoms with van der Waals surface area (Å²) in [5, 5.41) is 7.26. The topological polar surface area (TPSA) is 72.5 Å². The Morgan fingerprint density at radius 2 is 1.86 bits per heavy atom. The second-order valence-electron chi connectivity index (χ2n) is 6.93. The Kier molecular flexibility index (Phi) is 5.53. The molecule has 2 N–H and O–H groups in total. The maximum atomic E-state index is 13.4. The molecule has 2 aromatic carbocycles. The van der Waals surface area contributed by atoms with Crippen LogP contribution in [0.4, 0.5) is 9.52 Å². The number of benzene rings is 2. The first-order valence-electron chi connectivity index (χ1n) is 9.43. The van der Waals surface area contributed by atoms with Crippen LogP contribution in [-0.2, 0) is 0 Å². The van der Waals surface area contributed by atoms with Crippen LogP contribution < -0.4 is 20.1 Å². The number of halogens is 1. The second kappa shape index (κ2) is 8.24. The van der Waals surface area contributed by atoms with E-state index in [4.69, 9.17) is 9.47 Å². The van der Waals surface area contributed by atoms with Gasteiger partial charge < -0.3 is 20.1 Å². The van der Waals surface area contributed by atoms with Crippen LogP contribution in [0, 0.1) is 5.82 Å². The first kappa shape index (κ1) is 19.4. The summed E-state index contributed by atoms with van der Waals surface area (Å²) < 4.78 is 24.9. The van der Waals surface area contributed by atoms with Gasteiger partial charge >= 0.3 is 0 Å². The van der Waals surface area contributed by atoms with E-state index >= 15 is 0 Å². The molecule has 8 heteroatoms. The molecule has 0 aliphatic heterocycles. The number of methoxy groups -OCH3 is 2. The predicted molar refractivity (Wildman–Crippen MR) is 112 cm³/mol. The molecule has 3 aromatic rings. The van der Waals surface area contributed by atoms with Crippen LogP contribution >= 0.6 is 11.3 Å². The molecule has 1 heterocycles. The lowest BCUT2D eigenvalue weighted by molar-refractivity contribution is 0.0929. The zero-order chi connectivity index (χ0) is 20.4. The summed E-state index contributed by atoms with van der Waals surface area (Å²) in [5.41, 5.74) is 1.15. The Morgan fingerprint density at radius 3 is 2.59 bits per heavy atom. The number of ether oxygens (including phenoxy) is 2. The minimum Gasteiger partial charge on any atom is -0.496 e. The van der Waals surface area contributed by atoms with Crippen molar-refractivity contribution < 1.29 is 18.7 Å². The standard InChI is InChI=1S/C21H22FN3O3S/c1-27-16-7-4-8-17(28-2)19(16)20(26)23-13-5-3-6-14(13)24-21-25-15-10-9-12(22)11-18(15)29-21/h4,7-11,13-14H,3,5-6H2,1-2H3,(H,23,26)(H,24,25)/t13-,14+/m1/s1. The molecule has 152 valence electrons. The quantitative estimate of drug-likeness (QED) is 0.631. The third-order valence-electron chi connectivity index (χ3n) is 5.15. The zero-order valence-corrected chi connectivity index (χ0v) is 17.0. The molecule has 0 spiro atoms. The number of amides is 1. The van der Waals surface area contributed by atoms with E-state index in [0.717, 1.165) is 34.6 Å². The van der Waals surface area contributed by atoms with E-state index in [1.165, 1.54) is 37.7 Å². The zero-order valence-electron chi connectivity index (χ0n) is 16.2. The molecule has 1 aromatic heterocycles. The highest BCUT2D eigenvalue weighted by atomic mass is 32.1. The Hall–Kier alpha value is -2.87. The number of nitrogens with one attached hydrogen (secondary N) is 2. The normalized spacial score (nSPS) is 18.6. The lowest BCUT2D eigenvalue weighted by Gasteiger charge is -2.23. The van der Waals surface area contributed by atoms with Gasteiger partial charge in [-0.1, -0.05) is 17.4 Å². The van der Waals surface area contributed by atoms with Crippen LogP contribution in [0.25, 0.3) is 10.2 Å². The number of aromatic nitrogens is 1. The lowest BCUT2D eigenvalue weighted by Crippen LogP contribution is -2.43. The maximum Gasteiger partial charge on any atom is 0.259 e. The molecule has 1 fully saturated rings. The minimum absolute atomic E-state index is 0.0464. The molecule has 29 heavy (non-hydrogen) atoms. The number of carbonyl (C=O) groups excluding carboxylic acids is 1. The van der Waals surface area contributed by atoms with E-state index in [1.54, 1.807) is 24.3 Å². The van der Waals surface area contributed by atoms with Gasteiger partial charge in [0.2, 0.25) is 0 Å². The molecular formula is C21H22FN3O3S. The van der Waals surface area contributed by atoms with Crippen molar-refractivity contribution in [3.8, 4) is 11.5 Å². The first-order chi connectivity index (χ1) is 14.1. The Morgan fingerprint density at radius 1 is 1.14 bits per heavy atom. The Labute approximate surface area is 172 Å². The maximum absolute atomic E-state index is 13.4. The van der Waals surface area contributed by atoms with Crippen molar-refractivity contribution in [3.63, 3.8) is 0 Å². The highest BCUT2D eigenvalue weighted by Crippen LogP contribution is 2.32. The van der Waals surface area contributed by atoms with Crippen LogP contribution in [0.5, 0.6) is 11.5 Å². The van der Waals surface area contributed by atoms with E-state index in [-0.39, 0.29) is 23.8 Å². The van der Waals surface area contributed by atoms with Gasteiger partial charge in [0.25, 0.3) is 5.91 Å². The van der Waals surface area contributed by atoms with Crippen molar-refractivity contribution in [2.45, 2.75) is 31.3 Å². The molecule has 1 aliphatic rings. The molecule has 4 rings (SSSR count). The Bertz CT molecular complexity index is 1020. The van der Waals surface area contributed by atoms with Crippen LogP contribution in [0.3, 0.4) is 0 Å². The summed E-state index contributed by atoms with van der Waals surface area (Å²) in [4.78, 5) is 17.5. The molecule has 0 radical (unpaired) electrons. The van der Waals surface area contributed by atoms with E-state index in [9.17, 15) is 9.18 Å². The summed E-state index contributed by atoms with van der Waals surface area (Å²) in [5.74, 6) is 0.434. The van der Waals surface area contributed by atoms with Gasteiger partial charge in [0.15, 0.2) is 5.13 Å². The van der Waals surface area contributed by atoms with Gasteiger partial charge in [-0.25, -0.2) is 9.37 Å². The molecule has 1 saturated carbocycles. The summed E-state index contributed by atoms with van der Waals surface area (Å²) in [6.07, 6.45) is 2.77. The number of fused-ring (bicyclic) bond motifs is 1. The van der Waals surface area contributed by atoms with Gasteiger partial charge in [-0.05, 0) is 49.6 Å². The number of hydrogen-bond acceptors (Lipinski definition) is 6. The molecule has 6 nitrogen and oxygen atoms in total. The molecule has 0 bridgehead atoms. The number of thiazole rings is 1. The third kappa shape index (κ3) is 3.98. The van der Waals surface area contributed by atoms with Crippen LogP contribution in [0.1, 0.15) is 29.6 Å². The number of anilines is 1. The molecular weight excluding hydrogens is 393 g/mol. The smallest absolute Gasteiger partial charge is 0.259 e. The monoisotopic (exact) mass is 415 g/mol. The number of hydrogen-bond donors (Lipinski definition) is 2. The van der Waals surface area contributed by atoms with E-state index in [2.05, 4.69) is 15.6 Å². The van der Waals surface area contributed by atoms with Gasteiger partial charge in [-0.2, -0.15) is 0 Å². The largest absolute Gasteiger partial charge is 0.496 e. The van der Waals surface area contributed by atoms with Crippen molar-refractivity contribution in [3.05, 3.63) is 47.8 Å². The fourth-order valence-electron chi connectivity index (χ4n) is 3.74. The first-order valence-corrected chi connectivity index (χ1v) is 10.2. The third-order valence-corrected chi connectivity index (χ3v) is 6.10. The van der Waals surface area contributed by atoms with Gasteiger partial charge in [-0.15, -0.1) is 0 Å². The lowest BCUT2D eigenvalue weighted by atomic mass is 10.1. The SMILES string of the molecule is COc1cccc(OC)c1C(=O)N[C@@H]1CCC[C@@H]1Nc1nc2ccc(F)cc2s1.